The Morgan fingerprint density at radius 3 is 2.02 bits per heavy atom. The summed E-state index contributed by atoms with van der Waals surface area (Å²) in [6.45, 7) is 1.07. The highest BCUT2D eigenvalue weighted by molar-refractivity contribution is 9.10. The van der Waals surface area contributed by atoms with Gasteiger partial charge >= 0.3 is 12.4 Å². The molecule has 0 radical (unpaired) electrons. The number of nitrogens with zero attached hydrogens (tertiary/aromatic N) is 1. The van der Waals surface area contributed by atoms with E-state index in [0.717, 1.165) is 0 Å². The van der Waals surface area contributed by atoms with Gasteiger partial charge in [-0.1, -0.05) is 64.5 Å². The average Bonchev–Trinajstić information content (AvgIpc) is 3.15. The van der Waals surface area contributed by atoms with Gasteiger partial charge in [0.05, 0.1) is 23.4 Å². The van der Waals surface area contributed by atoms with Gasteiger partial charge in [0.25, 0.3) is 0 Å². The van der Waals surface area contributed by atoms with E-state index >= 15 is 0 Å². The van der Waals surface area contributed by atoms with Crippen molar-refractivity contribution in [1.29, 1.82) is 0 Å². The van der Waals surface area contributed by atoms with Crippen molar-refractivity contribution in [3.8, 4) is 0 Å². The summed E-state index contributed by atoms with van der Waals surface area (Å²) < 4.78 is 87.9. The van der Waals surface area contributed by atoms with Gasteiger partial charge in [-0.05, 0) is 72.1 Å². The Kier molecular flexibility index (Phi) is 7.50. The van der Waals surface area contributed by atoms with Crippen LogP contribution in [0.4, 0.5) is 37.7 Å². The molecule has 41 heavy (non-hydrogen) atoms. The lowest BCUT2D eigenvalue weighted by Crippen LogP contribution is -2.42. The number of hydrogen-bond donors (Lipinski definition) is 0. The lowest BCUT2D eigenvalue weighted by Gasteiger charge is -2.34. The summed E-state index contributed by atoms with van der Waals surface area (Å²) in [7, 11) is 0. The molecule has 0 fully saturated rings. The molecule has 1 aliphatic rings. The first kappa shape index (κ1) is 28.9. The molecule has 0 N–H and O–H groups in total. The molecule has 1 amide bonds. The van der Waals surface area contributed by atoms with Crippen LogP contribution in [0, 0.1) is 0 Å². The van der Waals surface area contributed by atoms with Crippen molar-refractivity contribution in [3.63, 3.8) is 0 Å². The molecule has 0 spiro atoms. The fourth-order valence-electron chi connectivity index (χ4n) is 5.20. The van der Waals surface area contributed by atoms with E-state index < -0.39 is 41.6 Å². The fraction of sp³-hybridized carbons (Fsp3) is 0.194. The monoisotopic (exact) mass is 633 g/mol. The van der Waals surface area contributed by atoms with E-state index in [2.05, 4.69) is 15.9 Å². The molecule has 1 aliphatic heterocycles. The maximum Gasteiger partial charge on any atom is 0.416 e. The summed E-state index contributed by atoms with van der Waals surface area (Å²) in [6.07, 6.45) is -11.1. The van der Waals surface area contributed by atoms with Crippen LogP contribution in [0.15, 0.2) is 102 Å². The number of hydrogen-bond acceptors (Lipinski definition) is 2. The predicted molar refractivity (Wildman–Crippen MR) is 145 cm³/mol. The van der Waals surface area contributed by atoms with Gasteiger partial charge in [0.2, 0.25) is 5.91 Å². The van der Waals surface area contributed by atoms with Crippen LogP contribution in [0.3, 0.4) is 0 Å². The maximum absolute atomic E-state index is 14.3. The first-order valence-electron chi connectivity index (χ1n) is 12.4. The second-order valence-electron chi connectivity index (χ2n) is 9.86. The minimum Gasteiger partial charge on any atom is -0.367 e. The van der Waals surface area contributed by atoms with E-state index in [1.807, 2.05) is 6.07 Å². The van der Waals surface area contributed by atoms with E-state index in [4.69, 9.17) is 4.74 Å². The average molecular weight is 634 g/mol. The van der Waals surface area contributed by atoms with Gasteiger partial charge in [-0.15, -0.1) is 0 Å². The quantitative estimate of drug-likeness (QED) is 0.198. The summed E-state index contributed by atoms with van der Waals surface area (Å²) in [4.78, 5) is 15.9. The van der Waals surface area contributed by atoms with Crippen molar-refractivity contribution in [2.24, 2.45) is 0 Å². The second kappa shape index (κ2) is 10.6. The molecule has 0 saturated heterocycles. The molecule has 0 bridgehead atoms. The normalized spacial score (nSPS) is 18.0. The molecule has 212 valence electrons. The van der Waals surface area contributed by atoms with Gasteiger partial charge in [-0.3, -0.25) is 9.69 Å². The van der Waals surface area contributed by atoms with Crippen molar-refractivity contribution in [1.82, 2.24) is 0 Å². The summed E-state index contributed by atoms with van der Waals surface area (Å²) in [5.74, 6) is -0.352. The van der Waals surface area contributed by atoms with E-state index in [-0.39, 0.29) is 17.5 Å². The third-order valence-corrected chi connectivity index (χ3v) is 7.60. The number of alkyl halides is 6. The van der Waals surface area contributed by atoms with Gasteiger partial charge in [-0.25, -0.2) is 0 Å². The zero-order valence-corrected chi connectivity index (χ0v) is 23.0. The standard InChI is InChI=1S/C31H22BrF6NO2/c1-29(25-12-5-6-13-26(25)39(28(29)40)24-10-3-2-4-11-24)27(20-8-7-9-23(32)16-20)41-18-19-14-21(30(33,34)35)17-22(15-19)31(36,37)38/h2-17,27H,18H2,1H3/t27-,29+/m0/s1. The summed E-state index contributed by atoms with van der Waals surface area (Å²) in [5, 5.41) is 0. The van der Waals surface area contributed by atoms with Crippen LogP contribution in [0.2, 0.25) is 0 Å². The molecule has 0 aliphatic carbocycles. The highest BCUT2D eigenvalue weighted by atomic mass is 79.9. The van der Waals surface area contributed by atoms with E-state index in [1.54, 1.807) is 84.6 Å². The molecular formula is C31H22BrF6NO2. The van der Waals surface area contributed by atoms with E-state index in [0.29, 0.717) is 39.1 Å². The minimum absolute atomic E-state index is 0.0745. The SMILES string of the molecule is C[C@@]1([C@@H](OCc2cc(C(F)(F)F)cc(C(F)(F)F)c2)c2cccc(Br)c2)C(=O)N(c2ccccc2)c2ccccc21. The molecule has 4 aromatic rings. The number of anilines is 2. The second-order valence-corrected chi connectivity index (χ2v) is 10.8. The molecule has 2 atom stereocenters. The van der Waals surface area contributed by atoms with Crippen LogP contribution in [0.5, 0.6) is 0 Å². The lowest BCUT2D eigenvalue weighted by atomic mass is 9.75. The molecule has 5 rings (SSSR count). The first-order chi connectivity index (χ1) is 19.3. The number of halogens is 7. The number of carbonyl (C=O) groups excluding carboxylic acids is 1. The predicted octanol–water partition coefficient (Wildman–Crippen LogP) is 9.38. The number of benzene rings is 4. The third kappa shape index (κ3) is 5.50. The van der Waals surface area contributed by atoms with Crippen LogP contribution in [-0.4, -0.2) is 5.91 Å². The Morgan fingerprint density at radius 1 is 0.805 bits per heavy atom. The number of amides is 1. The highest BCUT2D eigenvalue weighted by Gasteiger charge is 2.54. The molecule has 0 saturated carbocycles. The number of ether oxygens (including phenoxy) is 1. The van der Waals surface area contributed by atoms with Gasteiger partial charge in [-0.2, -0.15) is 26.3 Å². The maximum atomic E-state index is 14.3. The van der Waals surface area contributed by atoms with Gasteiger partial charge in [0.15, 0.2) is 0 Å². The molecule has 0 unspecified atom stereocenters. The van der Waals surface area contributed by atoms with Crippen LogP contribution < -0.4 is 4.90 Å². The smallest absolute Gasteiger partial charge is 0.367 e. The van der Waals surface area contributed by atoms with Gasteiger partial charge < -0.3 is 4.74 Å². The Balaban J connectivity index is 1.62. The van der Waals surface area contributed by atoms with E-state index in [1.165, 1.54) is 0 Å². The topological polar surface area (TPSA) is 29.5 Å². The zero-order chi connectivity index (χ0) is 29.6. The molecule has 0 aromatic heterocycles. The molecule has 3 nitrogen and oxygen atoms in total. The Morgan fingerprint density at radius 2 is 1.41 bits per heavy atom. The number of fused-ring (bicyclic) bond motifs is 1. The largest absolute Gasteiger partial charge is 0.416 e. The zero-order valence-electron chi connectivity index (χ0n) is 21.4. The fourth-order valence-corrected chi connectivity index (χ4v) is 5.62. The summed E-state index contributed by atoms with van der Waals surface area (Å²) in [5.41, 5.74) is -2.25. The molecular weight excluding hydrogens is 612 g/mol. The summed E-state index contributed by atoms with van der Waals surface area (Å²) in [6, 6.07) is 24.3. The Hall–Kier alpha value is -3.63. The van der Waals surface area contributed by atoms with Crippen molar-refractivity contribution in [2.75, 3.05) is 4.90 Å². The highest BCUT2D eigenvalue weighted by Crippen LogP contribution is 2.53. The third-order valence-electron chi connectivity index (χ3n) is 7.11. The first-order valence-corrected chi connectivity index (χ1v) is 13.2. The molecule has 1 heterocycles. The van der Waals surface area contributed by atoms with Crippen LogP contribution in [0.1, 0.15) is 40.8 Å². The number of para-hydroxylation sites is 2. The lowest BCUT2D eigenvalue weighted by molar-refractivity contribution is -0.143. The Bertz CT molecular complexity index is 1560. The van der Waals surface area contributed by atoms with Crippen molar-refractivity contribution in [2.45, 2.75) is 37.4 Å². The minimum atomic E-state index is -5.00. The van der Waals surface area contributed by atoms with Gasteiger partial charge in [0.1, 0.15) is 11.5 Å². The van der Waals surface area contributed by atoms with Crippen LogP contribution in [0.25, 0.3) is 0 Å². The summed E-state index contributed by atoms with van der Waals surface area (Å²) >= 11 is 3.41. The van der Waals surface area contributed by atoms with Crippen LogP contribution >= 0.6 is 15.9 Å². The molecule has 4 aromatic carbocycles. The van der Waals surface area contributed by atoms with E-state index in [9.17, 15) is 31.1 Å². The van der Waals surface area contributed by atoms with Crippen molar-refractivity contribution < 1.29 is 35.9 Å². The van der Waals surface area contributed by atoms with Gasteiger partial charge in [0, 0.05) is 10.2 Å². The number of rotatable bonds is 6. The molecule has 10 heteroatoms. The van der Waals surface area contributed by atoms with Crippen molar-refractivity contribution in [3.05, 3.63) is 129 Å². The number of carbonyl (C=O) groups is 1. The van der Waals surface area contributed by atoms with Crippen molar-refractivity contribution >= 4 is 33.2 Å². The van der Waals surface area contributed by atoms with Crippen LogP contribution in [-0.2, 0) is 33.9 Å². The Labute approximate surface area is 240 Å².